The lowest BCUT2D eigenvalue weighted by atomic mass is 9.95. The average molecular weight is 646 g/mol. The highest BCUT2D eigenvalue weighted by Gasteiger charge is 2.34. The molecule has 0 amide bonds. The second-order valence-electron chi connectivity index (χ2n) is 8.84. The van der Waals surface area contributed by atoms with Crippen LogP contribution in [0.25, 0.3) is 6.08 Å². The van der Waals surface area contributed by atoms with Crippen LogP contribution in [0.4, 0.5) is 0 Å². The third-order valence-corrected chi connectivity index (χ3v) is 7.81. The van der Waals surface area contributed by atoms with Crippen molar-refractivity contribution in [3.8, 4) is 23.0 Å². The molecule has 218 valence electrons. The van der Waals surface area contributed by atoms with Crippen molar-refractivity contribution in [3.05, 3.63) is 76.9 Å². The highest BCUT2D eigenvalue weighted by molar-refractivity contribution is 9.10. The van der Waals surface area contributed by atoms with Gasteiger partial charge in [-0.3, -0.25) is 9.36 Å². The summed E-state index contributed by atoms with van der Waals surface area (Å²) in [7, 11) is 1.56. The van der Waals surface area contributed by atoms with Gasteiger partial charge in [0.15, 0.2) is 27.8 Å². The van der Waals surface area contributed by atoms with Crippen LogP contribution < -0.4 is 33.8 Å². The lowest BCUT2D eigenvalue weighted by Crippen LogP contribution is -2.40. The molecule has 2 heterocycles. The number of rotatable bonds is 11. The van der Waals surface area contributed by atoms with Crippen LogP contribution in [0.15, 0.2) is 55.9 Å². The summed E-state index contributed by atoms with van der Waals surface area (Å²) in [6.45, 7) is 10.7. The summed E-state index contributed by atoms with van der Waals surface area (Å²) in [5.74, 6) is 1.71. The van der Waals surface area contributed by atoms with E-state index in [2.05, 4.69) is 20.9 Å². The Kier molecular flexibility index (Phi) is 9.93. The molecule has 1 atom stereocenters. The minimum Gasteiger partial charge on any atom is -0.493 e. The normalized spacial score (nSPS) is 14.8. The van der Waals surface area contributed by atoms with Crippen molar-refractivity contribution in [2.45, 2.75) is 40.7 Å². The van der Waals surface area contributed by atoms with Gasteiger partial charge in [0.1, 0.15) is 0 Å². The molecule has 0 bridgehead atoms. The molecule has 0 aliphatic carbocycles. The van der Waals surface area contributed by atoms with E-state index in [4.69, 9.17) is 23.7 Å². The number of ether oxygens (including phenoxy) is 5. The molecule has 4 rings (SSSR count). The summed E-state index contributed by atoms with van der Waals surface area (Å²) in [5.41, 5.74) is 1.90. The number of hydrogen-bond donors (Lipinski definition) is 0. The molecule has 41 heavy (non-hydrogen) atoms. The van der Waals surface area contributed by atoms with E-state index in [9.17, 15) is 9.59 Å². The molecule has 0 fully saturated rings. The molecular formula is C30H33BrN2O7S. The van der Waals surface area contributed by atoms with Gasteiger partial charge in [0.05, 0.1) is 59.9 Å². The number of nitrogens with zero attached hydrogens (tertiary/aromatic N) is 2. The van der Waals surface area contributed by atoms with Crippen molar-refractivity contribution in [3.63, 3.8) is 0 Å². The van der Waals surface area contributed by atoms with E-state index in [1.54, 1.807) is 37.7 Å². The van der Waals surface area contributed by atoms with Crippen LogP contribution in [0.2, 0.25) is 0 Å². The molecule has 0 saturated heterocycles. The number of halogens is 1. The van der Waals surface area contributed by atoms with Gasteiger partial charge in [0.25, 0.3) is 5.56 Å². The number of esters is 1. The second-order valence-corrected chi connectivity index (χ2v) is 10.7. The van der Waals surface area contributed by atoms with Gasteiger partial charge in [-0.25, -0.2) is 9.79 Å². The zero-order valence-electron chi connectivity index (χ0n) is 23.9. The van der Waals surface area contributed by atoms with Crippen LogP contribution in [0.3, 0.4) is 0 Å². The molecule has 0 unspecified atom stereocenters. The van der Waals surface area contributed by atoms with Crippen molar-refractivity contribution >= 4 is 39.3 Å². The van der Waals surface area contributed by atoms with Crippen LogP contribution in [-0.2, 0) is 9.53 Å². The number of carbonyl (C=O) groups is 1. The standard InChI is InChI=1S/C30H33BrN2O7S/c1-7-37-21-12-11-19(16-22(21)38-8-2)26-25(29(35)40-10-4)17(5)32-30-33(26)28(34)24(41-30)15-18-13-20(31)27(39-9-3)23(14-18)36-6/h11-16,26H,7-10H2,1-6H3/b24-15-/t26-/m1/s1. The Hall–Kier alpha value is -3.57. The maximum Gasteiger partial charge on any atom is 0.338 e. The van der Waals surface area contributed by atoms with Gasteiger partial charge < -0.3 is 23.7 Å². The Bertz CT molecular complexity index is 1660. The van der Waals surface area contributed by atoms with Gasteiger partial charge in [-0.1, -0.05) is 17.4 Å². The summed E-state index contributed by atoms with van der Waals surface area (Å²) in [6.07, 6.45) is 1.77. The largest absolute Gasteiger partial charge is 0.493 e. The molecule has 11 heteroatoms. The van der Waals surface area contributed by atoms with E-state index in [0.29, 0.717) is 73.5 Å². The molecule has 0 radical (unpaired) electrons. The number of fused-ring (bicyclic) bond motifs is 1. The van der Waals surface area contributed by atoms with Gasteiger partial charge in [0, 0.05) is 0 Å². The molecule has 3 aromatic rings. The van der Waals surface area contributed by atoms with Crippen LogP contribution in [0.1, 0.15) is 51.8 Å². The fourth-order valence-corrected chi connectivity index (χ4v) is 6.22. The van der Waals surface area contributed by atoms with Gasteiger partial charge in [0.2, 0.25) is 0 Å². The zero-order chi connectivity index (χ0) is 29.7. The molecular weight excluding hydrogens is 612 g/mol. The Balaban J connectivity index is 1.94. The fourth-order valence-electron chi connectivity index (χ4n) is 4.60. The first-order chi connectivity index (χ1) is 19.8. The molecule has 9 nitrogen and oxygen atoms in total. The lowest BCUT2D eigenvalue weighted by molar-refractivity contribution is -0.139. The maximum atomic E-state index is 14.0. The summed E-state index contributed by atoms with van der Waals surface area (Å²) in [5, 5.41) is 0. The average Bonchev–Trinajstić information content (AvgIpc) is 3.24. The second kappa shape index (κ2) is 13.4. The maximum absolute atomic E-state index is 14.0. The number of aromatic nitrogens is 1. The Labute approximate surface area is 250 Å². The van der Waals surface area contributed by atoms with E-state index in [-0.39, 0.29) is 12.2 Å². The summed E-state index contributed by atoms with van der Waals surface area (Å²) >= 11 is 4.79. The molecule has 1 aromatic heterocycles. The SMILES string of the molecule is CCOC(=O)C1=C(C)N=c2s/c(=C\c3cc(Br)c(OCC)c(OC)c3)c(=O)n2[C@@H]1c1ccc(OCC)c(OCC)c1. The van der Waals surface area contributed by atoms with E-state index >= 15 is 0 Å². The molecule has 0 saturated carbocycles. The predicted octanol–water partition coefficient (Wildman–Crippen LogP) is 4.77. The minimum absolute atomic E-state index is 0.189. The Morgan fingerprint density at radius 2 is 1.71 bits per heavy atom. The quantitative estimate of drug-likeness (QED) is 0.278. The van der Waals surface area contributed by atoms with Crippen LogP contribution >= 0.6 is 27.3 Å². The zero-order valence-corrected chi connectivity index (χ0v) is 26.3. The number of methoxy groups -OCH3 is 1. The van der Waals surface area contributed by atoms with Crippen molar-refractivity contribution in [1.29, 1.82) is 0 Å². The monoisotopic (exact) mass is 644 g/mol. The summed E-state index contributed by atoms with van der Waals surface area (Å²) in [6, 6.07) is 8.33. The van der Waals surface area contributed by atoms with E-state index in [1.165, 1.54) is 11.3 Å². The molecule has 1 aliphatic rings. The number of hydrogen-bond acceptors (Lipinski definition) is 9. The Morgan fingerprint density at radius 1 is 1.00 bits per heavy atom. The lowest BCUT2D eigenvalue weighted by Gasteiger charge is -2.25. The van der Waals surface area contributed by atoms with Gasteiger partial charge >= 0.3 is 5.97 Å². The number of benzene rings is 2. The minimum atomic E-state index is -0.774. The first-order valence-corrected chi connectivity index (χ1v) is 15.0. The van der Waals surface area contributed by atoms with E-state index < -0.39 is 12.0 Å². The smallest absolute Gasteiger partial charge is 0.338 e. The third-order valence-electron chi connectivity index (χ3n) is 6.24. The fraction of sp³-hybridized carbons (Fsp3) is 0.367. The third kappa shape index (κ3) is 6.20. The molecule has 0 N–H and O–H groups in total. The number of thiazole rings is 1. The highest BCUT2D eigenvalue weighted by atomic mass is 79.9. The van der Waals surface area contributed by atoms with Crippen molar-refractivity contribution in [2.24, 2.45) is 4.99 Å². The summed E-state index contributed by atoms with van der Waals surface area (Å²) < 4.78 is 30.9. The van der Waals surface area contributed by atoms with Crippen LogP contribution in [-0.4, -0.2) is 44.1 Å². The topological polar surface area (TPSA) is 97.6 Å². The molecule has 0 spiro atoms. The van der Waals surface area contributed by atoms with Crippen LogP contribution in [0, 0.1) is 0 Å². The first kappa shape index (κ1) is 30.4. The van der Waals surface area contributed by atoms with Crippen molar-refractivity contribution < 1.29 is 28.5 Å². The number of allylic oxidation sites excluding steroid dienone is 1. The summed E-state index contributed by atoms with van der Waals surface area (Å²) in [4.78, 5) is 32.4. The van der Waals surface area contributed by atoms with E-state index in [0.717, 1.165) is 5.56 Å². The number of carbonyl (C=O) groups excluding carboxylic acids is 1. The van der Waals surface area contributed by atoms with Gasteiger partial charge in [-0.15, -0.1) is 0 Å². The predicted molar refractivity (Wildman–Crippen MR) is 161 cm³/mol. The first-order valence-electron chi connectivity index (χ1n) is 13.4. The van der Waals surface area contributed by atoms with Gasteiger partial charge in [-0.05, 0) is 92.0 Å². The highest BCUT2D eigenvalue weighted by Crippen LogP contribution is 2.38. The molecule has 2 aromatic carbocycles. The van der Waals surface area contributed by atoms with E-state index in [1.807, 2.05) is 45.0 Å². The van der Waals surface area contributed by atoms with Crippen molar-refractivity contribution in [2.75, 3.05) is 33.5 Å². The van der Waals surface area contributed by atoms with Crippen LogP contribution in [0.5, 0.6) is 23.0 Å². The van der Waals surface area contributed by atoms with Gasteiger partial charge in [-0.2, -0.15) is 0 Å². The molecule has 1 aliphatic heterocycles. The van der Waals surface area contributed by atoms with Crippen molar-refractivity contribution in [1.82, 2.24) is 4.57 Å². The Morgan fingerprint density at radius 3 is 2.37 bits per heavy atom.